The molecule has 18 heteroatoms. The monoisotopic (exact) mass is 502 g/mol. The quantitative estimate of drug-likeness (QED) is 0.110. The van der Waals surface area contributed by atoms with Gasteiger partial charge in [-0.15, -0.1) is 0 Å². The Morgan fingerprint density at radius 1 is 0.727 bits per heavy atom. The molecule has 0 aliphatic rings. The molecule has 0 fully saturated rings. The van der Waals surface area contributed by atoms with Crippen LogP contribution >= 0.6 is 12.6 Å². The Morgan fingerprint density at radius 2 is 0.970 bits per heavy atom. The maximum atomic E-state index is 9.99. The lowest BCUT2D eigenvalue weighted by Gasteiger charge is -1.99. The summed E-state index contributed by atoms with van der Waals surface area (Å²) in [4.78, 5) is 57.8. The van der Waals surface area contributed by atoms with Crippen molar-refractivity contribution in [3.63, 3.8) is 0 Å². The minimum absolute atomic E-state index is 0.190. The normalized spacial score (nSPS) is 10.1. The summed E-state index contributed by atoms with van der Waals surface area (Å²) in [5.74, 6) is -6.02. The van der Waals surface area contributed by atoms with Crippen molar-refractivity contribution in [1.29, 1.82) is 0 Å². The summed E-state index contributed by atoms with van der Waals surface area (Å²) in [6, 6.07) is -1.98. The molecule has 0 aromatic heterocycles. The van der Waals surface area contributed by atoms with Crippen LogP contribution in [-0.4, -0.2) is 85.7 Å². The Morgan fingerprint density at radius 3 is 1.00 bits per heavy atom. The van der Waals surface area contributed by atoms with Crippen molar-refractivity contribution in [1.82, 2.24) is 0 Å². The summed E-state index contributed by atoms with van der Waals surface area (Å²) < 4.78 is 0. The van der Waals surface area contributed by atoms with Gasteiger partial charge in [-0.05, 0) is 0 Å². The Balaban J connectivity index is -0.000000101. The van der Waals surface area contributed by atoms with Gasteiger partial charge in [0.05, 0.1) is 13.0 Å². The minimum Gasteiger partial charge on any atom is -0.480 e. The summed E-state index contributed by atoms with van der Waals surface area (Å²) in [6.07, 6.45) is -0.310. The predicted octanol–water partition coefficient (Wildman–Crippen LogP) is -4.28. The van der Waals surface area contributed by atoms with Crippen LogP contribution in [0.2, 0.25) is 0 Å². The number of carbonyl (C=O) groups is 6. The number of carbonyl (C=O) groups excluding carboxylic acids is 1. The van der Waals surface area contributed by atoms with Crippen LogP contribution < -0.4 is 34.4 Å². The van der Waals surface area contributed by atoms with Gasteiger partial charge in [0.15, 0.2) is 0 Å². The van der Waals surface area contributed by atoms with Crippen molar-refractivity contribution >= 4 is 48.4 Å². The van der Waals surface area contributed by atoms with Crippen LogP contribution in [0.3, 0.4) is 0 Å². The van der Waals surface area contributed by atoms with E-state index in [0.29, 0.717) is 0 Å². The summed E-state index contributed by atoms with van der Waals surface area (Å²) in [7, 11) is 0. The van der Waals surface area contributed by atoms with Crippen molar-refractivity contribution in [3.8, 4) is 0 Å². The minimum atomic E-state index is -1.21. The lowest BCUT2D eigenvalue weighted by atomic mass is 10.2. The Labute approximate surface area is 193 Å². The zero-order valence-corrected chi connectivity index (χ0v) is 18.2. The van der Waals surface area contributed by atoms with Crippen LogP contribution in [0, 0.1) is 0 Å². The fraction of sp³-hybridized carbons (Fsp3) is 0.333. The highest BCUT2D eigenvalue weighted by Gasteiger charge is 2.13. The maximum Gasteiger partial charge on any atom is 0.351 e. The van der Waals surface area contributed by atoms with E-state index in [4.69, 9.17) is 37.0 Å². The highest BCUT2D eigenvalue weighted by atomic mass is 32.1. The van der Waals surface area contributed by atoms with Gasteiger partial charge in [0.25, 0.3) is 0 Å². The highest BCUT2D eigenvalue weighted by Crippen LogP contribution is 1.84. The molecular weight excluding hydrogens is 472 g/mol. The fourth-order valence-corrected chi connectivity index (χ4v) is 0.538. The van der Waals surface area contributed by atoms with Crippen molar-refractivity contribution in [2.45, 2.75) is 18.5 Å². The molecule has 0 aromatic carbocycles. The molecule has 0 aliphatic heterocycles. The number of rotatable bonds is 8. The molecule has 0 aromatic rings. The third kappa shape index (κ3) is 47.4. The molecule has 0 saturated carbocycles. The van der Waals surface area contributed by atoms with E-state index in [0.717, 1.165) is 0 Å². The van der Waals surface area contributed by atoms with Crippen molar-refractivity contribution in [2.24, 2.45) is 34.4 Å². The molecule has 0 bridgehead atoms. The van der Waals surface area contributed by atoms with Gasteiger partial charge in [-0.25, -0.2) is 9.59 Å². The first kappa shape index (κ1) is 39.6. The van der Waals surface area contributed by atoms with Gasteiger partial charge in [0.1, 0.15) is 23.5 Å². The molecule has 0 heterocycles. The van der Waals surface area contributed by atoms with Gasteiger partial charge in [-0.2, -0.15) is 12.6 Å². The van der Waals surface area contributed by atoms with Gasteiger partial charge in [0, 0.05) is 5.75 Å². The topological polar surface area (TPSA) is 360 Å². The van der Waals surface area contributed by atoms with Crippen LogP contribution in [0.15, 0.2) is 24.6 Å². The average molecular weight is 503 g/mol. The van der Waals surface area contributed by atoms with E-state index in [1.807, 2.05) is 0 Å². The summed E-state index contributed by atoms with van der Waals surface area (Å²) in [6.45, 7) is 5.59. The second kappa shape index (κ2) is 24.4. The van der Waals surface area contributed by atoms with Gasteiger partial charge in [0.2, 0.25) is 5.91 Å². The molecule has 0 spiro atoms. The number of nitrogens with two attached hydrogens (primary N) is 6. The van der Waals surface area contributed by atoms with E-state index in [-0.39, 0.29) is 30.1 Å². The number of hydrogen-bond donors (Lipinski definition) is 12. The molecule has 0 aliphatic carbocycles. The van der Waals surface area contributed by atoms with E-state index in [1.165, 1.54) is 0 Å². The van der Waals surface area contributed by atoms with Gasteiger partial charge < -0.3 is 59.9 Å². The number of amides is 1. The first-order valence-corrected chi connectivity index (χ1v) is 8.54. The zero-order chi connectivity index (χ0) is 27.9. The Bertz CT molecular complexity index is 639. The molecule has 0 saturated heterocycles. The second-order valence-electron chi connectivity index (χ2n) is 5.00. The molecular formula is C15H30N6O11S. The lowest BCUT2D eigenvalue weighted by Crippen LogP contribution is -2.34. The zero-order valence-electron chi connectivity index (χ0n) is 17.3. The summed E-state index contributed by atoms with van der Waals surface area (Å²) in [5.41, 5.74) is 27.7. The summed E-state index contributed by atoms with van der Waals surface area (Å²) >= 11 is 3.65. The van der Waals surface area contributed by atoms with E-state index in [2.05, 4.69) is 48.7 Å². The molecule has 17 N–H and O–H groups in total. The van der Waals surface area contributed by atoms with Crippen molar-refractivity contribution in [3.05, 3.63) is 24.6 Å². The molecule has 0 rings (SSSR count). The first-order valence-electron chi connectivity index (χ1n) is 7.91. The van der Waals surface area contributed by atoms with E-state index >= 15 is 0 Å². The molecule has 0 unspecified atom stereocenters. The number of hydrogen-bond acceptors (Lipinski definition) is 12. The van der Waals surface area contributed by atoms with Gasteiger partial charge >= 0.3 is 29.8 Å². The second-order valence-corrected chi connectivity index (χ2v) is 5.37. The predicted molar refractivity (Wildman–Crippen MR) is 118 cm³/mol. The van der Waals surface area contributed by atoms with Crippen LogP contribution in [0.5, 0.6) is 0 Å². The van der Waals surface area contributed by atoms with Gasteiger partial charge in [-0.3, -0.25) is 19.2 Å². The van der Waals surface area contributed by atoms with Crippen LogP contribution in [0.25, 0.3) is 0 Å². The van der Waals surface area contributed by atoms with Crippen molar-refractivity contribution in [2.75, 3.05) is 12.3 Å². The first-order chi connectivity index (χ1) is 14.8. The van der Waals surface area contributed by atoms with Gasteiger partial charge in [-0.1, -0.05) is 13.2 Å². The Kier molecular flexibility index (Phi) is 29.3. The average Bonchev–Trinajstić information content (AvgIpc) is 2.68. The van der Waals surface area contributed by atoms with E-state index in [9.17, 15) is 28.8 Å². The Hall–Kier alpha value is -3.87. The molecule has 0 radical (unpaired) electrons. The smallest absolute Gasteiger partial charge is 0.351 e. The SMILES string of the molecule is C=C(N)C(=O)O.C=C(N)C(=O)O.NC(=O)C[C@H](N)C(=O)O.NCC(=O)O.N[C@@H](CS)C(=O)O. The molecule has 17 nitrogen and oxygen atoms in total. The van der Waals surface area contributed by atoms with Crippen LogP contribution in [0.4, 0.5) is 0 Å². The fourth-order valence-electron chi connectivity index (χ4n) is 0.382. The highest BCUT2D eigenvalue weighted by molar-refractivity contribution is 7.80. The lowest BCUT2D eigenvalue weighted by molar-refractivity contribution is -0.140. The third-order valence-electron chi connectivity index (χ3n) is 1.98. The third-order valence-corrected chi connectivity index (χ3v) is 2.37. The number of thiol groups is 1. The number of aliphatic carboxylic acids is 5. The van der Waals surface area contributed by atoms with E-state index < -0.39 is 47.8 Å². The molecule has 2 atom stereocenters. The molecule has 33 heavy (non-hydrogen) atoms. The van der Waals surface area contributed by atoms with Crippen LogP contribution in [-0.2, 0) is 28.8 Å². The number of carboxylic acids is 5. The maximum absolute atomic E-state index is 9.99. The van der Waals surface area contributed by atoms with Crippen LogP contribution in [0.1, 0.15) is 6.42 Å². The van der Waals surface area contributed by atoms with E-state index in [1.54, 1.807) is 0 Å². The number of primary amides is 1. The summed E-state index contributed by atoms with van der Waals surface area (Å²) in [5, 5.41) is 39.2. The van der Waals surface area contributed by atoms with Crippen molar-refractivity contribution < 1.29 is 54.3 Å². The number of carboxylic acid groups (broad SMARTS) is 5. The molecule has 192 valence electrons. The molecule has 1 amide bonds. The largest absolute Gasteiger partial charge is 0.480 e. The standard InChI is InChI=1S/C4H8N2O3.C3H7NO2S.2C3H5NO2.C2H5NO2/c5-2(4(8)9)1-3(6)7;4-2(1-7)3(5)6;2*1-2(4)3(5)6;3-1-2(4)5/h2H,1,5H2,(H2,6,7)(H,8,9);2,7H,1,4H2,(H,5,6);2*1,4H2,(H,5,6);1,3H2,(H,4,5)/t2*2-;;;/m00.../s1.